The average Bonchev–Trinajstić information content (AvgIpc) is 3.18. The van der Waals surface area contributed by atoms with Crippen LogP contribution in [0.1, 0.15) is 24.7 Å². The second-order valence-electron chi connectivity index (χ2n) is 5.96. The fourth-order valence-corrected chi connectivity index (χ4v) is 3.31. The molecule has 0 bridgehead atoms. The monoisotopic (exact) mass is 347 g/mol. The van der Waals surface area contributed by atoms with Gasteiger partial charge in [-0.1, -0.05) is 16.8 Å². The van der Waals surface area contributed by atoms with E-state index in [2.05, 4.69) is 41.8 Å². The Bertz CT molecular complexity index is 853. The van der Waals surface area contributed by atoms with Gasteiger partial charge in [0.05, 0.1) is 11.4 Å². The van der Waals surface area contributed by atoms with Gasteiger partial charge in [-0.15, -0.1) is 0 Å². The minimum absolute atomic E-state index is 0.112. The second kappa shape index (κ2) is 6.03. The van der Waals surface area contributed by atoms with Crippen molar-refractivity contribution in [3.8, 4) is 0 Å². The van der Waals surface area contributed by atoms with Crippen LogP contribution in [0.3, 0.4) is 0 Å². The van der Waals surface area contributed by atoms with Crippen molar-refractivity contribution in [3.63, 3.8) is 0 Å². The normalized spacial score (nSPS) is 17.5. The molecule has 3 aromatic rings. The van der Waals surface area contributed by atoms with Crippen molar-refractivity contribution in [1.29, 1.82) is 0 Å². The molecule has 0 aliphatic carbocycles. The van der Waals surface area contributed by atoms with Crippen LogP contribution >= 0.6 is 11.6 Å². The van der Waals surface area contributed by atoms with E-state index < -0.39 is 0 Å². The summed E-state index contributed by atoms with van der Waals surface area (Å²) in [5.74, 6) is 2.26. The van der Waals surface area contributed by atoms with Crippen LogP contribution in [-0.4, -0.2) is 56.2 Å². The topological polar surface area (TPSA) is 87.0 Å². The first-order valence-corrected chi connectivity index (χ1v) is 8.28. The molecule has 0 amide bonds. The van der Waals surface area contributed by atoms with E-state index in [1.54, 1.807) is 6.33 Å². The standard InChI is InChI=1S/C15H18ClN7O/c1-9(15-19-10(2)21-24-15)22-3-5-23(6-4-22)14-11-7-12(16)20-13(11)17-8-18-14/h7-9H,3-6H2,1-2H3,(H,17,18,20)/t9-/m1/s1. The molecule has 126 valence electrons. The van der Waals surface area contributed by atoms with Crippen molar-refractivity contribution in [2.75, 3.05) is 31.1 Å². The number of fused-ring (bicyclic) bond motifs is 1. The van der Waals surface area contributed by atoms with Crippen LogP contribution in [0, 0.1) is 6.92 Å². The summed E-state index contributed by atoms with van der Waals surface area (Å²) in [6, 6.07) is 1.99. The Hall–Kier alpha value is -2.19. The number of anilines is 1. The molecule has 0 spiro atoms. The van der Waals surface area contributed by atoms with Crippen LogP contribution in [0.2, 0.25) is 5.15 Å². The molecule has 4 heterocycles. The number of nitrogens with zero attached hydrogens (tertiary/aromatic N) is 6. The molecule has 0 unspecified atom stereocenters. The van der Waals surface area contributed by atoms with Gasteiger partial charge < -0.3 is 14.4 Å². The molecule has 9 heteroatoms. The SMILES string of the molecule is Cc1noc([C@@H](C)N2CCN(c3ncnc4[nH]c(Cl)cc34)CC2)n1. The molecule has 1 atom stereocenters. The first-order valence-electron chi connectivity index (χ1n) is 7.90. The third kappa shape index (κ3) is 2.71. The lowest BCUT2D eigenvalue weighted by atomic mass is 10.2. The molecule has 1 fully saturated rings. The molecular weight excluding hydrogens is 330 g/mol. The number of halogens is 1. The molecular formula is C15H18ClN7O. The van der Waals surface area contributed by atoms with Gasteiger partial charge in [0.25, 0.3) is 0 Å². The number of H-pyrrole nitrogens is 1. The predicted octanol–water partition coefficient (Wildman–Crippen LogP) is 2.19. The maximum absolute atomic E-state index is 6.06. The lowest BCUT2D eigenvalue weighted by molar-refractivity contribution is 0.164. The van der Waals surface area contributed by atoms with E-state index in [-0.39, 0.29) is 6.04 Å². The predicted molar refractivity (Wildman–Crippen MR) is 90.1 cm³/mol. The Morgan fingerprint density at radius 3 is 2.75 bits per heavy atom. The second-order valence-corrected chi connectivity index (χ2v) is 6.36. The summed E-state index contributed by atoms with van der Waals surface area (Å²) in [7, 11) is 0. The lowest BCUT2D eigenvalue weighted by Gasteiger charge is -2.37. The Kier molecular flexibility index (Phi) is 3.85. The van der Waals surface area contributed by atoms with Crippen LogP contribution < -0.4 is 4.90 Å². The molecule has 1 saturated heterocycles. The van der Waals surface area contributed by atoms with Crippen molar-refractivity contribution in [2.45, 2.75) is 19.9 Å². The van der Waals surface area contributed by atoms with Gasteiger partial charge >= 0.3 is 0 Å². The zero-order valence-electron chi connectivity index (χ0n) is 13.5. The van der Waals surface area contributed by atoms with E-state index in [0.717, 1.165) is 43.0 Å². The van der Waals surface area contributed by atoms with Gasteiger partial charge in [0, 0.05) is 26.2 Å². The quantitative estimate of drug-likeness (QED) is 0.777. The summed E-state index contributed by atoms with van der Waals surface area (Å²) >= 11 is 6.06. The summed E-state index contributed by atoms with van der Waals surface area (Å²) in [6.45, 7) is 7.45. The number of aromatic amines is 1. The van der Waals surface area contributed by atoms with E-state index >= 15 is 0 Å². The minimum Gasteiger partial charge on any atom is -0.353 e. The molecule has 4 rings (SSSR count). The van der Waals surface area contributed by atoms with Gasteiger partial charge in [0.2, 0.25) is 5.89 Å². The van der Waals surface area contributed by atoms with Gasteiger partial charge in [-0.2, -0.15) is 4.98 Å². The Balaban J connectivity index is 1.49. The molecule has 8 nitrogen and oxygen atoms in total. The first kappa shape index (κ1) is 15.3. The fraction of sp³-hybridized carbons (Fsp3) is 0.467. The number of nitrogens with one attached hydrogen (secondary N) is 1. The molecule has 0 saturated carbocycles. The van der Waals surface area contributed by atoms with Gasteiger partial charge in [0.15, 0.2) is 5.82 Å². The zero-order chi connectivity index (χ0) is 16.7. The maximum Gasteiger partial charge on any atom is 0.243 e. The highest BCUT2D eigenvalue weighted by Gasteiger charge is 2.26. The molecule has 0 radical (unpaired) electrons. The smallest absolute Gasteiger partial charge is 0.243 e. The van der Waals surface area contributed by atoms with Gasteiger partial charge in [0.1, 0.15) is 22.9 Å². The Morgan fingerprint density at radius 1 is 1.25 bits per heavy atom. The van der Waals surface area contributed by atoms with Crippen molar-refractivity contribution < 1.29 is 4.52 Å². The molecule has 0 aromatic carbocycles. The number of piperazine rings is 1. The first-order chi connectivity index (χ1) is 11.6. The zero-order valence-corrected chi connectivity index (χ0v) is 14.3. The molecule has 3 aromatic heterocycles. The van der Waals surface area contributed by atoms with E-state index in [0.29, 0.717) is 16.9 Å². The average molecular weight is 348 g/mol. The number of aryl methyl sites for hydroxylation is 1. The highest BCUT2D eigenvalue weighted by atomic mass is 35.5. The van der Waals surface area contributed by atoms with Gasteiger partial charge in [-0.3, -0.25) is 4.90 Å². The number of hydrogen-bond donors (Lipinski definition) is 1. The van der Waals surface area contributed by atoms with Gasteiger partial charge in [-0.05, 0) is 19.9 Å². The third-order valence-electron chi connectivity index (χ3n) is 4.43. The Labute approximate surface area is 143 Å². The number of rotatable bonds is 3. The highest BCUT2D eigenvalue weighted by Crippen LogP contribution is 2.28. The van der Waals surface area contributed by atoms with Crippen LogP contribution in [0.4, 0.5) is 5.82 Å². The van der Waals surface area contributed by atoms with E-state index in [4.69, 9.17) is 16.1 Å². The highest BCUT2D eigenvalue weighted by molar-refractivity contribution is 6.30. The van der Waals surface area contributed by atoms with Crippen molar-refractivity contribution in [2.24, 2.45) is 0 Å². The van der Waals surface area contributed by atoms with Crippen molar-refractivity contribution in [3.05, 3.63) is 29.3 Å². The van der Waals surface area contributed by atoms with Crippen LogP contribution in [0.15, 0.2) is 16.9 Å². The van der Waals surface area contributed by atoms with E-state index in [1.165, 1.54) is 0 Å². The molecule has 1 aliphatic heterocycles. The molecule has 24 heavy (non-hydrogen) atoms. The minimum atomic E-state index is 0.112. The maximum atomic E-state index is 6.06. The van der Waals surface area contributed by atoms with Crippen molar-refractivity contribution in [1.82, 2.24) is 30.0 Å². The van der Waals surface area contributed by atoms with Crippen LogP contribution in [0.5, 0.6) is 0 Å². The summed E-state index contributed by atoms with van der Waals surface area (Å²) < 4.78 is 5.30. The van der Waals surface area contributed by atoms with Crippen LogP contribution in [-0.2, 0) is 0 Å². The summed E-state index contributed by atoms with van der Waals surface area (Å²) in [5.41, 5.74) is 0.766. The van der Waals surface area contributed by atoms with E-state index in [1.807, 2.05) is 13.0 Å². The van der Waals surface area contributed by atoms with E-state index in [9.17, 15) is 0 Å². The fourth-order valence-electron chi connectivity index (χ4n) is 3.11. The number of hydrogen-bond acceptors (Lipinski definition) is 7. The number of aromatic nitrogens is 5. The lowest BCUT2D eigenvalue weighted by Crippen LogP contribution is -2.47. The summed E-state index contributed by atoms with van der Waals surface area (Å²) in [6.07, 6.45) is 1.57. The van der Waals surface area contributed by atoms with Crippen molar-refractivity contribution >= 4 is 28.5 Å². The summed E-state index contributed by atoms with van der Waals surface area (Å²) in [5, 5.41) is 5.41. The van der Waals surface area contributed by atoms with Gasteiger partial charge in [-0.25, -0.2) is 9.97 Å². The largest absolute Gasteiger partial charge is 0.353 e. The summed E-state index contributed by atoms with van der Waals surface area (Å²) in [4.78, 5) is 20.7. The van der Waals surface area contributed by atoms with Crippen LogP contribution in [0.25, 0.3) is 11.0 Å². The Morgan fingerprint density at radius 2 is 2.04 bits per heavy atom. The molecule has 1 aliphatic rings. The molecule has 1 N–H and O–H groups in total. The third-order valence-corrected chi connectivity index (χ3v) is 4.64.